The molecule has 0 spiro atoms. The molecular weight excluding hydrogens is 289 g/mol. The van der Waals surface area contributed by atoms with E-state index in [1.54, 1.807) is 0 Å². The van der Waals surface area contributed by atoms with Crippen LogP contribution in [0.3, 0.4) is 0 Å². The van der Waals surface area contributed by atoms with E-state index >= 15 is 0 Å². The number of rotatable bonds is 3. The highest BCUT2D eigenvalue weighted by atomic mass is 35.5. The van der Waals surface area contributed by atoms with Crippen molar-refractivity contribution in [2.75, 3.05) is 7.11 Å². The lowest BCUT2D eigenvalue weighted by Gasteiger charge is -2.07. The fourth-order valence-corrected chi connectivity index (χ4v) is 1.97. The maximum Gasteiger partial charge on any atom is 0.316 e. The van der Waals surface area contributed by atoms with Crippen molar-refractivity contribution >= 4 is 17.3 Å². The Morgan fingerprint density at radius 2 is 2.10 bits per heavy atom. The average Bonchev–Trinajstić information content (AvgIpc) is 2.36. The summed E-state index contributed by atoms with van der Waals surface area (Å²) in [6, 6.07) is 3.94. The van der Waals surface area contributed by atoms with Crippen molar-refractivity contribution in [3.05, 3.63) is 45.1 Å². The zero-order valence-electron chi connectivity index (χ0n) is 10.6. The zero-order valence-corrected chi connectivity index (χ0v) is 11.3. The second-order valence-corrected chi connectivity index (χ2v) is 4.22. The molecule has 104 valence electrons. The molecule has 0 radical (unpaired) electrons. The van der Waals surface area contributed by atoms with Crippen LogP contribution in [0.25, 0.3) is 11.3 Å². The second-order valence-electron chi connectivity index (χ2n) is 3.88. The van der Waals surface area contributed by atoms with Crippen LogP contribution in [0.1, 0.15) is 5.69 Å². The van der Waals surface area contributed by atoms with E-state index in [1.165, 1.54) is 26.2 Å². The summed E-state index contributed by atoms with van der Waals surface area (Å²) < 4.78 is 18.9. The van der Waals surface area contributed by atoms with Crippen molar-refractivity contribution < 1.29 is 14.1 Å². The van der Waals surface area contributed by atoms with Gasteiger partial charge in [0.15, 0.2) is 5.69 Å². The smallest absolute Gasteiger partial charge is 0.316 e. The van der Waals surface area contributed by atoms with Crippen molar-refractivity contribution in [2.45, 2.75) is 6.92 Å². The van der Waals surface area contributed by atoms with Gasteiger partial charge in [-0.05, 0) is 30.7 Å². The monoisotopic (exact) mass is 297 g/mol. The fraction of sp³-hybridized carbons (Fsp3) is 0.167. The van der Waals surface area contributed by atoms with Crippen LogP contribution in [-0.4, -0.2) is 22.0 Å². The van der Waals surface area contributed by atoms with E-state index in [0.29, 0.717) is 5.75 Å². The van der Waals surface area contributed by atoms with Gasteiger partial charge in [-0.25, -0.2) is 14.4 Å². The third kappa shape index (κ3) is 2.53. The van der Waals surface area contributed by atoms with Crippen molar-refractivity contribution in [3.8, 4) is 17.0 Å². The van der Waals surface area contributed by atoms with Gasteiger partial charge in [0.2, 0.25) is 5.28 Å². The Hall–Kier alpha value is -2.28. The van der Waals surface area contributed by atoms with E-state index < -0.39 is 10.7 Å². The molecule has 2 aromatic rings. The first-order valence-corrected chi connectivity index (χ1v) is 5.84. The van der Waals surface area contributed by atoms with E-state index in [0.717, 1.165) is 6.07 Å². The number of methoxy groups -OCH3 is 1. The predicted molar refractivity (Wildman–Crippen MR) is 70.4 cm³/mol. The van der Waals surface area contributed by atoms with Gasteiger partial charge in [-0.3, -0.25) is 10.1 Å². The van der Waals surface area contributed by atoms with Crippen molar-refractivity contribution in [3.63, 3.8) is 0 Å². The Morgan fingerprint density at radius 3 is 2.65 bits per heavy atom. The van der Waals surface area contributed by atoms with Gasteiger partial charge in [0, 0.05) is 11.6 Å². The maximum atomic E-state index is 14.0. The number of halogens is 2. The van der Waals surface area contributed by atoms with Crippen molar-refractivity contribution in [2.24, 2.45) is 0 Å². The molecule has 0 saturated heterocycles. The molecule has 1 aromatic carbocycles. The minimum Gasteiger partial charge on any atom is -0.497 e. The third-order valence-corrected chi connectivity index (χ3v) is 2.81. The number of benzene rings is 1. The molecule has 6 nitrogen and oxygen atoms in total. The molecular formula is C12H9ClFN3O3. The van der Waals surface area contributed by atoms with Gasteiger partial charge in [-0.15, -0.1) is 0 Å². The Balaban J connectivity index is 2.72. The number of hydrogen-bond acceptors (Lipinski definition) is 5. The first-order chi connectivity index (χ1) is 9.43. The summed E-state index contributed by atoms with van der Waals surface area (Å²) in [6.07, 6.45) is 0. The lowest BCUT2D eigenvalue weighted by Crippen LogP contribution is -2.02. The highest BCUT2D eigenvalue weighted by molar-refractivity contribution is 6.28. The lowest BCUT2D eigenvalue weighted by molar-refractivity contribution is -0.385. The van der Waals surface area contributed by atoms with Gasteiger partial charge in [0.1, 0.15) is 17.3 Å². The Kier molecular flexibility index (Phi) is 3.80. The molecule has 1 aromatic heterocycles. The summed E-state index contributed by atoms with van der Waals surface area (Å²) in [4.78, 5) is 17.9. The van der Waals surface area contributed by atoms with Crippen LogP contribution in [-0.2, 0) is 0 Å². The molecule has 0 aliphatic carbocycles. The number of aromatic nitrogens is 2. The molecule has 0 saturated carbocycles. The van der Waals surface area contributed by atoms with Gasteiger partial charge < -0.3 is 4.74 Å². The van der Waals surface area contributed by atoms with E-state index in [4.69, 9.17) is 16.3 Å². The second kappa shape index (κ2) is 5.38. The van der Waals surface area contributed by atoms with E-state index in [9.17, 15) is 14.5 Å². The Bertz CT molecular complexity index is 694. The number of nitro groups is 1. The zero-order chi connectivity index (χ0) is 14.9. The van der Waals surface area contributed by atoms with Crippen LogP contribution < -0.4 is 4.74 Å². The topological polar surface area (TPSA) is 78.2 Å². The summed E-state index contributed by atoms with van der Waals surface area (Å²) in [7, 11) is 1.39. The quantitative estimate of drug-likeness (QED) is 0.494. The number of ether oxygens (including phenoxy) is 1. The number of nitrogens with zero attached hydrogens (tertiary/aromatic N) is 3. The number of aryl methyl sites for hydroxylation is 1. The molecule has 0 amide bonds. The molecule has 8 heteroatoms. The normalized spacial score (nSPS) is 10.4. The van der Waals surface area contributed by atoms with Crippen LogP contribution in [0.5, 0.6) is 5.75 Å². The van der Waals surface area contributed by atoms with E-state index in [2.05, 4.69) is 9.97 Å². The van der Waals surface area contributed by atoms with E-state index in [-0.39, 0.29) is 27.9 Å². The molecule has 0 aliphatic heterocycles. The van der Waals surface area contributed by atoms with Crippen LogP contribution in [0.15, 0.2) is 18.2 Å². The lowest BCUT2D eigenvalue weighted by atomic mass is 10.1. The first-order valence-electron chi connectivity index (χ1n) is 5.46. The SMILES string of the molecule is COc1ccc(-c2nc(Cl)nc(C)c2[N+](=O)[O-])c(F)c1. The number of hydrogen-bond donors (Lipinski definition) is 0. The Labute approximate surface area is 118 Å². The van der Waals surface area contributed by atoms with Crippen LogP contribution in [0, 0.1) is 22.9 Å². The maximum absolute atomic E-state index is 14.0. The van der Waals surface area contributed by atoms with Crippen molar-refractivity contribution in [1.82, 2.24) is 9.97 Å². The molecule has 0 atom stereocenters. The highest BCUT2D eigenvalue weighted by Gasteiger charge is 2.25. The summed E-state index contributed by atoms with van der Waals surface area (Å²) in [5, 5.41) is 10.9. The highest BCUT2D eigenvalue weighted by Crippen LogP contribution is 2.33. The molecule has 1 heterocycles. The molecule has 0 N–H and O–H groups in total. The van der Waals surface area contributed by atoms with Gasteiger partial charge in [0.05, 0.1) is 12.0 Å². The molecule has 2 rings (SSSR count). The third-order valence-electron chi connectivity index (χ3n) is 2.64. The fourth-order valence-electron chi connectivity index (χ4n) is 1.75. The summed E-state index contributed by atoms with van der Waals surface area (Å²) >= 11 is 5.70. The molecule has 0 aliphatic rings. The molecule has 20 heavy (non-hydrogen) atoms. The van der Waals surface area contributed by atoms with Gasteiger partial charge in [-0.1, -0.05) is 0 Å². The standard InChI is InChI=1S/C12H9ClFN3O3/c1-6-11(17(18)19)10(16-12(13)15-6)8-4-3-7(20-2)5-9(8)14/h3-5H,1-2H3. The van der Waals surface area contributed by atoms with E-state index in [1.807, 2.05) is 0 Å². The minimum atomic E-state index is -0.693. The van der Waals surface area contributed by atoms with Crippen molar-refractivity contribution in [1.29, 1.82) is 0 Å². The summed E-state index contributed by atoms with van der Waals surface area (Å²) in [6.45, 7) is 1.41. The largest absolute Gasteiger partial charge is 0.497 e. The average molecular weight is 298 g/mol. The van der Waals surface area contributed by atoms with Gasteiger partial charge >= 0.3 is 5.69 Å². The first kappa shape index (κ1) is 14.1. The predicted octanol–water partition coefficient (Wildman–Crippen LogP) is 3.16. The summed E-state index contributed by atoms with van der Waals surface area (Å²) in [5.41, 5.74) is -0.503. The molecule has 0 unspecified atom stereocenters. The molecule has 0 fully saturated rings. The van der Waals surface area contributed by atoms with Gasteiger partial charge in [-0.2, -0.15) is 0 Å². The van der Waals surface area contributed by atoms with Crippen LogP contribution >= 0.6 is 11.6 Å². The Morgan fingerprint density at radius 1 is 1.40 bits per heavy atom. The minimum absolute atomic E-state index is 0.0371. The molecule has 0 bridgehead atoms. The van der Waals surface area contributed by atoms with Gasteiger partial charge in [0.25, 0.3) is 0 Å². The van der Waals surface area contributed by atoms with Crippen LogP contribution in [0.2, 0.25) is 5.28 Å². The van der Waals surface area contributed by atoms with Crippen LogP contribution in [0.4, 0.5) is 10.1 Å². The summed E-state index contributed by atoms with van der Waals surface area (Å²) in [5.74, 6) is -0.396.